The van der Waals surface area contributed by atoms with E-state index < -0.39 is 0 Å². The van der Waals surface area contributed by atoms with Crippen molar-refractivity contribution in [1.29, 1.82) is 0 Å². The van der Waals surface area contributed by atoms with Gasteiger partial charge in [-0.2, -0.15) is 0 Å². The van der Waals surface area contributed by atoms with Crippen LogP contribution < -0.4 is 0 Å². The van der Waals surface area contributed by atoms with Gasteiger partial charge in [0.2, 0.25) is 0 Å². The predicted octanol–water partition coefficient (Wildman–Crippen LogP) is 15.5. The van der Waals surface area contributed by atoms with Crippen molar-refractivity contribution in [1.82, 2.24) is 0 Å². The van der Waals surface area contributed by atoms with Gasteiger partial charge >= 0.3 is 0 Å². The van der Waals surface area contributed by atoms with Crippen LogP contribution in [0.15, 0.2) is 169 Å². The van der Waals surface area contributed by atoms with Crippen LogP contribution in [0.5, 0.6) is 0 Å². The van der Waals surface area contributed by atoms with E-state index in [-0.39, 0.29) is 0 Å². The molecule has 0 heteroatoms. The minimum Gasteiger partial charge on any atom is -0.0810 e. The Labute approximate surface area is 313 Å². The van der Waals surface area contributed by atoms with Gasteiger partial charge in [-0.15, -0.1) is 0 Å². The van der Waals surface area contributed by atoms with Crippen LogP contribution >= 0.6 is 0 Å². The second-order valence-corrected chi connectivity index (χ2v) is 15.6. The molecule has 11 aromatic carbocycles. The normalized spacial score (nSPS) is 15.2. The van der Waals surface area contributed by atoms with E-state index in [1.54, 1.807) is 0 Å². The number of hydrogen-bond acceptors (Lipinski definition) is 0. The summed E-state index contributed by atoms with van der Waals surface area (Å²) in [5.41, 5.74) is 9.31. The van der Waals surface area contributed by atoms with Crippen molar-refractivity contribution in [3.63, 3.8) is 0 Å². The highest BCUT2D eigenvalue weighted by Crippen LogP contribution is 2.55. The SMILES string of the molecule is CC1=CCC(C)C(c2ccc3c(c2)c2cccc4c5c(-c6ccccc6)c6c7cc8ccccc8c8cccc(c6c(-c6ccccc6)c5cc3c24)c87)=C1. The van der Waals surface area contributed by atoms with Gasteiger partial charge in [-0.1, -0.05) is 158 Å². The van der Waals surface area contributed by atoms with Crippen molar-refractivity contribution >= 4 is 91.8 Å². The average Bonchev–Trinajstić information content (AvgIpc) is 3.72. The summed E-state index contributed by atoms with van der Waals surface area (Å²) in [6.07, 6.45) is 5.86. The van der Waals surface area contributed by atoms with Crippen LogP contribution in [0.3, 0.4) is 0 Å². The van der Waals surface area contributed by atoms with Crippen LogP contribution in [0, 0.1) is 5.92 Å². The summed E-state index contributed by atoms with van der Waals surface area (Å²) in [5.74, 6) is 0.502. The zero-order chi connectivity index (χ0) is 35.7. The summed E-state index contributed by atoms with van der Waals surface area (Å²) < 4.78 is 0. The zero-order valence-electron chi connectivity index (χ0n) is 30.4. The van der Waals surface area contributed by atoms with E-state index in [2.05, 4.69) is 178 Å². The maximum atomic E-state index is 2.55. The van der Waals surface area contributed by atoms with Gasteiger partial charge in [-0.25, -0.2) is 0 Å². The second-order valence-electron chi connectivity index (χ2n) is 15.6. The quantitative estimate of drug-likeness (QED) is 0.163. The van der Waals surface area contributed by atoms with Crippen LogP contribution in [0.4, 0.5) is 0 Å². The third-order valence-corrected chi connectivity index (χ3v) is 12.6. The Kier molecular flexibility index (Phi) is 6.12. The molecule has 54 heavy (non-hydrogen) atoms. The van der Waals surface area contributed by atoms with E-state index >= 15 is 0 Å². The van der Waals surface area contributed by atoms with Gasteiger partial charge in [0.15, 0.2) is 0 Å². The number of benzene rings is 9. The molecule has 1 atom stereocenters. The molecule has 1 aliphatic rings. The Balaban J connectivity index is 1.35. The fourth-order valence-corrected chi connectivity index (χ4v) is 10.3. The first-order chi connectivity index (χ1) is 26.6. The summed E-state index contributed by atoms with van der Waals surface area (Å²) in [4.78, 5) is 0. The molecule has 1 unspecified atom stereocenters. The van der Waals surface area contributed by atoms with E-state index in [4.69, 9.17) is 0 Å². The third-order valence-electron chi connectivity index (χ3n) is 12.6. The van der Waals surface area contributed by atoms with Gasteiger partial charge < -0.3 is 0 Å². The molecule has 252 valence electrons. The van der Waals surface area contributed by atoms with E-state index in [1.165, 1.54) is 125 Å². The molecule has 0 fully saturated rings. The van der Waals surface area contributed by atoms with Crippen molar-refractivity contribution < 1.29 is 0 Å². The largest absolute Gasteiger partial charge is 0.0810 e. The molecule has 0 heterocycles. The summed E-state index contributed by atoms with van der Waals surface area (Å²) in [5, 5.41) is 21.4. The molecular weight excluding hydrogens is 649 g/mol. The minimum atomic E-state index is 0.502. The van der Waals surface area contributed by atoms with Gasteiger partial charge in [-0.05, 0) is 157 Å². The highest BCUT2D eigenvalue weighted by Gasteiger charge is 2.27. The Morgan fingerprint density at radius 2 is 1.00 bits per heavy atom. The highest BCUT2D eigenvalue weighted by molar-refractivity contribution is 6.46. The lowest BCUT2D eigenvalue weighted by Gasteiger charge is -2.20. The molecule has 0 bridgehead atoms. The molecule has 12 rings (SSSR count). The molecular formula is C54H36. The molecule has 0 spiro atoms. The Hall–Kier alpha value is -6.50. The van der Waals surface area contributed by atoms with Crippen molar-refractivity contribution in [2.45, 2.75) is 20.3 Å². The topological polar surface area (TPSA) is 0 Å². The zero-order valence-corrected chi connectivity index (χ0v) is 30.4. The second kappa shape index (κ2) is 11.0. The van der Waals surface area contributed by atoms with Gasteiger partial charge in [-0.3, -0.25) is 0 Å². The lowest BCUT2D eigenvalue weighted by atomic mass is 9.84. The fraction of sp³-hybridized carbons (Fsp3) is 0.0741. The Morgan fingerprint density at radius 3 is 1.78 bits per heavy atom. The van der Waals surface area contributed by atoms with E-state index in [0.29, 0.717) is 5.92 Å². The molecule has 0 aromatic heterocycles. The van der Waals surface area contributed by atoms with Crippen LogP contribution in [-0.2, 0) is 0 Å². The minimum absolute atomic E-state index is 0.502. The first-order valence-corrected chi connectivity index (χ1v) is 19.3. The molecule has 0 N–H and O–H groups in total. The Bertz CT molecular complexity index is 3400. The lowest BCUT2D eigenvalue weighted by molar-refractivity contribution is 0.753. The van der Waals surface area contributed by atoms with Gasteiger partial charge in [0.1, 0.15) is 0 Å². The highest BCUT2D eigenvalue weighted by atomic mass is 14.3. The van der Waals surface area contributed by atoms with E-state index in [9.17, 15) is 0 Å². The van der Waals surface area contributed by atoms with Crippen molar-refractivity contribution in [3.05, 3.63) is 175 Å². The van der Waals surface area contributed by atoms with E-state index in [1.807, 2.05) is 0 Å². The van der Waals surface area contributed by atoms with Crippen molar-refractivity contribution in [2.75, 3.05) is 0 Å². The molecule has 0 nitrogen and oxygen atoms in total. The summed E-state index contributed by atoms with van der Waals surface area (Å²) in [7, 11) is 0. The van der Waals surface area contributed by atoms with Gasteiger partial charge in [0.25, 0.3) is 0 Å². The van der Waals surface area contributed by atoms with Gasteiger partial charge in [0.05, 0.1) is 0 Å². The maximum absolute atomic E-state index is 2.55. The first-order valence-electron chi connectivity index (χ1n) is 19.3. The monoisotopic (exact) mass is 684 g/mol. The summed E-state index contributed by atoms with van der Waals surface area (Å²) in [6, 6.07) is 57.5. The standard InChI is InChI=1S/C54H36/c1-31-23-24-32(2)43(27-31)36-25-26-38-44(28-36)40-20-12-21-41-50(40)45(38)30-47-48(33-13-5-3-6-14-33)53-42-22-11-19-39-37-18-10-9-17-35(37)29-46(51(39)42)54(53)49(52(41)47)34-15-7-4-8-16-34/h3-23,25-30,32H,24H2,1-2H3. The molecule has 0 saturated heterocycles. The predicted molar refractivity (Wildman–Crippen MR) is 235 cm³/mol. The Morgan fingerprint density at radius 1 is 0.389 bits per heavy atom. The number of hydrogen-bond donors (Lipinski definition) is 0. The number of allylic oxidation sites excluding steroid dienone is 4. The smallest absolute Gasteiger partial charge is 0.000697 e. The van der Waals surface area contributed by atoms with E-state index in [0.717, 1.165) is 6.42 Å². The van der Waals surface area contributed by atoms with Crippen LogP contribution in [0.25, 0.3) is 114 Å². The molecule has 0 radical (unpaired) electrons. The fourth-order valence-electron chi connectivity index (χ4n) is 10.3. The molecule has 11 aromatic rings. The maximum Gasteiger partial charge on any atom is -0.000697 e. The molecule has 0 saturated carbocycles. The molecule has 0 aliphatic heterocycles. The summed E-state index contributed by atoms with van der Waals surface area (Å²) in [6.45, 7) is 4.59. The van der Waals surface area contributed by atoms with Crippen LogP contribution in [-0.4, -0.2) is 0 Å². The van der Waals surface area contributed by atoms with Gasteiger partial charge in [0, 0.05) is 0 Å². The third kappa shape index (κ3) is 3.98. The lowest BCUT2D eigenvalue weighted by Crippen LogP contribution is -2.02. The molecule has 0 amide bonds. The number of rotatable bonds is 3. The van der Waals surface area contributed by atoms with Crippen molar-refractivity contribution in [3.8, 4) is 22.3 Å². The summed E-state index contributed by atoms with van der Waals surface area (Å²) >= 11 is 0. The number of fused-ring (bicyclic) bond motifs is 10. The van der Waals surface area contributed by atoms with Crippen molar-refractivity contribution in [2.24, 2.45) is 5.92 Å². The molecule has 1 aliphatic carbocycles. The first kappa shape index (κ1) is 30.0. The van der Waals surface area contributed by atoms with Crippen LogP contribution in [0.2, 0.25) is 0 Å². The average molecular weight is 685 g/mol. The van der Waals surface area contributed by atoms with Crippen LogP contribution in [0.1, 0.15) is 25.8 Å².